The lowest BCUT2D eigenvalue weighted by molar-refractivity contribution is -0.0605. The van der Waals surface area contributed by atoms with Gasteiger partial charge in [0, 0.05) is 23.0 Å². The smallest absolute Gasteiger partial charge is 0.408 e. The SMILES string of the molecule is CC(C)(C)C1C(N)CC2(C)CCC1(C)N2C(=O)O. The van der Waals surface area contributed by atoms with Crippen LogP contribution in [0.3, 0.4) is 0 Å². The minimum Gasteiger partial charge on any atom is -0.465 e. The number of nitrogens with two attached hydrogens (primary N) is 1. The van der Waals surface area contributed by atoms with Gasteiger partial charge in [-0.05, 0) is 38.5 Å². The molecule has 2 aliphatic rings. The number of rotatable bonds is 0. The molecule has 0 aromatic heterocycles. The largest absolute Gasteiger partial charge is 0.465 e. The Labute approximate surface area is 110 Å². The van der Waals surface area contributed by atoms with Crippen molar-refractivity contribution in [2.24, 2.45) is 17.1 Å². The zero-order valence-corrected chi connectivity index (χ0v) is 12.2. The monoisotopic (exact) mass is 254 g/mol. The molecule has 2 rings (SSSR count). The Kier molecular flexibility index (Phi) is 2.75. The minimum absolute atomic E-state index is 0.0214. The Hall–Kier alpha value is -0.770. The summed E-state index contributed by atoms with van der Waals surface area (Å²) in [5, 5.41) is 9.60. The number of hydrogen-bond donors (Lipinski definition) is 2. The van der Waals surface area contributed by atoms with Crippen LogP contribution in [0.1, 0.15) is 53.9 Å². The molecule has 104 valence electrons. The van der Waals surface area contributed by atoms with Crippen molar-refractivity contribution in [3.8, 4) is 0 Å². The molecule has 3 N–H and O–H groups in total. The Morgan fingerprint density at radius 2 is 1.89 bits per heavy atom. The van der Waals surface area contributed by atoms with Crippen molar-refractivity contribution in [1.29, 1.82) is 0 Å². The van der Waals surface area contributed by atoms with Crippen LogP contribution in [0.15, 0.2) is 0 Å². The molecule has 4 nitrogen and oxygen atoms in total. The molecule has 2 saturated heterocycles. The molecule has 1 amide bonds. The van der Waals surface area contributed by atoms with Crippen molar-refractivity contribution in [3.05, 3.63) is 0 Å². The van der Waals surface area contributed by atoms with E-state index in [-0.39, 0.29) is 28.5 Å². The zero-order chi connectivity index (χ0) is 13.9. The third kappa shape index (κ3) is 1.65. The van der Waals surface area contributed by atoms with E-state index < -0.39 is 6.09 Å². The maximum atomic E-state index is 11.7. The van der Waals surface area contributed by atoms with E-state index in [1.165, 1.54) is 0 Å². The predicted octanol–water partition coefficient (Wildman–Crippen LogP) is 2.67. The quantitative estimate of drug-likeness (QED) is 0.698. The van der Waals surface area contributed by atoms with Crippen molar-refractivity contribution in [2.75, 3.05) is 0 Å². The van der Waals surface area contributed by atoms with Crippen molar-refractivity contribution in [2.45, 2.75) is 71.0 Å². The summed E-state index contributed by atoms with van der Waals surface area (Å²) >= 11 is 0. The molecular formula is C14H26N2O2. The topological polar surface area (TPSA) is 66.6 Å². The number of nitrogens with zero attached hydrogens (tertiary/aromatic N) is 1. The fraction of sp³-hybridized carbons (Fsp3) is 0.929. The minimum atomic E-state index is -0.793. The molecule has 18 heavy (non-hydrogen) atoms. The summed E-state index contributed by atoms with van der Waals surface area (Å²) in [4.78, 5) is 13.4. The number of carboxylic acid groups (broad SMARTS) is 1. The van der Waals surface area contributed by atoms with Gasteiger partial charge in [-0.3, -0.25) is 4.90 Å². The van der Waals surface area contributed by atoms with Crippen molar-refractivity contribution in [3.63, 3.8) is 0 Å². The Morgan fingerprint density at radius 1 is 1.33 bits per heavy atom. The van der Waals surface area contributed by atoms with Crippen LogP contribution in [0.2, 0.25) is 0 Å². The van der Waals surface area contributed by atoms with Gasteiger partial charge in [-0.15, -0.1) is 0 Å². The van der Waals surface area contributed by atoms with Crippen LogP contribution < -0.4 is 5.73 Å². The second kappa shape index (κ2) is 3.62. The molecule has 0 aliphatic carbocycles. The van der Waals surface area contributed by atoms with Gasteiger partial charge in [0.15, 0.2) is 0 Å². The molecule has 0 radical (unpaired) electrons. The van der Waals surface area contributed by atoms with E-state index in [0.29, 0.717) is 0 Å². The van der Waals surface area contributed by atoms with E-state index in [9.17, 15) is 9.90 Å². The second-order valence-corrected chi connectivity index (χ2v) is 7.68. The summed E-state index contributed by atoms with van der Waals surface area (Å²) in [6.07, 6.45) is 1.83. The molecule has 0 spiro atoms. The first-order valence-corrected chi connectivity index (χ1v) is 6.81. The summed E-state index contributed by atoms with van der Waals surface area (Å²) in [5.41, 5.74) is 5.82. The van der Waals surface area contributed by atoms with E-state index in [2.05, 4.69) is 27.7 Å². The molecule has 4 heteroatoms. The summed E-state index contributed by atoms with van der Waals surface area (Å²) in [6, 6.07) is 0.0816. The fourth-order valence-corrected chi connectivity index (χ4v) is 4.96. The number of piperidine rings is 1. The van der Waals surface area contributed by atoms with Crippen LogP contribution >= 0.6 is 0 Å². The highest BCUT2D eigenvalue weighted by atomic mass is 16.4. The van der Waals surface area contributed by atoms with Crippen LogP contribution in [0.4, 0.5) is 4.79 Å². The molecule has 4 atom stereocenters. The van der Waals surface area contributed by atoms with E-state index in [1.807, 2.05) is 6.92 Å². The standard InChI is InChI=1S/C14H26N2O2/c1-12(2,3)10-9(15)8-13(4)6-7-14(10,5)16(13)11(17)18/h9-10H,6-8,15H2,1-5H3,(H,17,18). The molecular weight excluding hydrogens is 228 g/mol. The van der Waals surface area contributed by atoms with Crippen LogP contribution in [0.5, 0.6) is 0 Å². The van der Waals surface area contributed by atoms with Gasteiger partial charge >= 0.3 is 6.09 Å². The first-order chi connectivity index (χ1) is 8.02. The molecule has 2 bridgehead atoms. The molecule has 2 heterocycles. The summed E-state index contributed by atoms with van der Waals surface area (Å²) in [7, 11) is 0. The fourth-order valence-electron chi connectivity index (χ4n) is 4.96. The summed E-state index contributed by atoms with van der Waals surface area (Å²) in [5.74, 6) is 0.205. The second-order valence-electron chi connectivity index (χ2n) is 7.68. The average molecular weight is 254 g/mol. The molecule has 0 aromatic rings. The average Bonchev–Trinajstić information content (AvgIpc) is 2.29. The van der Waals surface area contributed by atoms with E-state index in [0.717, 1.165) is 19.3 Å². The van der Waals surface area contributed by atoms with Crippen LogP contribution in [-0.2, 0) is 0 Å². The highest BCUT2D eigenvalue weighted by molar-refractivity contribution is 5.68. The Balaban J connectivity index is 2.51. The van der Waals surface area contributed by atoms with Gasteiger partial charge in [0.05, 0.1) is 0 Å². The van der Waals surface area contributed by atoms with Gasteiger partial charge in [0.1, 0.15) is 0 Å². The highest BCUT2D eigenvalue weighted by Crippen LogP contribution is 2.56. The lowest BCUT2D eigenvalue weighted by atomic mass is 9.62. The molecule has 4 unspecified atom stereocenters. The van der Waals surface area contributed by atoms with Crippen molar-refractivity contribution < 1.29 is 9.90 Å². The summed E-state index contributed by atoms with van der Waals surface area (Å²) < 4.78 is 0. The third-order valence-electron chi connectivity index (χ3n) is 5.12. The zero-order valence-electron chi connectivity index (χ0n) is 12.2. The summed E-state index contributed by atoms with van der Waals surface area (Å²) in [6.45, 7) is 10.6. The van der Waals surface area contributed by atoms with Crippen molar-refractivity contribution >= 4 is 6.09 Å². The Morgan fingerprint density at radius 3 is 2.33 bits per heavy atom. The van der Waals surface area contributed by atoms with Gasteiger partial charge in [-0.2, -0.15) is 0 Å². The van der Waals surface area contributed by atoms with Crippen LogP contribution in [0.25, 0.3) is 0 Å². The number of fused-ring (bicyclic) bond motifs is 2. The van der Waals surface area contributed by atoms with E-state index in [4.69, 9.17) is 5.73 Å². The molecule has 2 aliphatic heterocycles. The number of carbonyl (C=O) groups is 1. The molecule has 0 saturated carbocycles. The maximum absolute atomic E-state index is 11.7. The molecule has 2 fully saturated rings. The Bertz CT molecular complexity index is 376. The van der Waals surface area contributed by atoms with E-state index in [1.54, 1.807) is 4.90 Å². The first kappa shape index (κ1) is 13.7. The van der Waals surface area contributed by atoms with Crippen LogP contribution in [0, 0.1) is 11.3 Å². The van der Waals surface area contributed by atoms with Gasteiger partial charge in [-0.25, -0.2) is 4.79 Å². The normalized spacial score (nSPS) is 44.2. The molecule has 0 aromatic carbocycles. The maximum Gasteiger partial charge on any atom is 0.408 e. The van der Waals surface area contributed by atoms with Crippen molar-refractivity contribution in [1.82, 2.24) is 4.90 Å². The van der Waals surface area contributed by atoms with Crippen LogP contribution in [-0.4, -0.2) is 33.2 Å². The predicted molar refractivity (Wildman–Crippen MR) is 71.4 cm³/mol. The number of hydrogen-bond acceptors (Lipinski definition) is 2. The van der Waals surface area contributed by atoms with Gasteiger partial charge in [0.2, 0.25) is 0 Å². The third-order valence-corrected chi connectivity index (χ3v) is 5.12. The van der Waals surface area contributed by atoms with Gasteiger partial charge in [0.25, 0.3) is 0 Å². The first-order valence-electron chi connectivity index (χ1n) is 6.81. The van der Waals surface area contributed by atoms with Gasteiger partial charge in [-0.1, -0.05) is 20.8 Å². The number of amides is 1. The van der Waals surface area contributed by atoms with E-state index >= 15 is 0 Å². The van der Waals surface area contributed by atoms with Gasteiger partial charge < -0.3 is 10.8 Å². The highest BCUT2D eigenvalue weighted by Gasteiger charge is 2.63. The lowest BCUT2D eigenvalue weighted by Crippen LogP contribution is -2.68. The lowest BCUT2D eigenvalue weighted by Gasteiger charge is -2.57.